The van der Waals surface area contributed by atoms with Crippen molar-refractivity contribution < 1.29 is 18.4 Å². The Morgan fingerprint density at radius 1 is 1.35 bits per heavy atom. The summed E-state index contributed by atoms with van der Waals surface area (Å²) in [5.74, 6) is 3.10. The van der Waals surface area contributed by atoms with Gasteiger partial charge in [0.1, 0.15) is 29.6 Å². The van der Waals surface area contributed by atoms with Crippen molar-refractivity contribution in [2.45, 2.75) is 32.4 Å². The zero-order chi connectivity index (χ0) is 16.2. The van der Waals surface area contributed by atoms with Crippen molar-refractivity contribution in [3.63, 3.8) is 0 Å². The van der Waals surface area contributed by atoms with E-state index in [-0.39, 0.29) is 11.9 Å². The van der Waals surface area contributed by atoms with Gasteiger partial charge in [-0.15, -0.1) is 0 Å². The highest BCUT2D eigenvalue weighted by Crippen LogP contribution is 2.33. The van der Waals surface area contributed by atoms with Crippen LogP contribution >= 0.6 is 0 Å². The maximum atomic E-state index is 12.5. The molecule has 1 aliphatic rings. The maximum absolute atomic E-state index is 12.5. The van der Waals surface area contributed by atoms with E-state index in [0.717, 1.165) is 36.7 Å². The third-order valence-corrected chi connectivity index (χ3v) is 3.98. The normalized spacial score (nSPS) is 18.2. The molecule has 23 heavy (non-hydrogen) atoms. The Labute approximate surface area is 135 Å². The van der Waals surface area contributed by atoms with Crippen molar-refractivity contribution >= 4 is 12.0 Å². The molecule has 1 aliphatic heterocycles. The number of hydrogen-bond acceptors (Lipinski definition) is 4. The van der Waals surface area contributed by atoms with Crippen LogP contribution in [0, 0.1) is 6.92 Å². The molecule has 3 rings (SSSR count). The van der Waals surface area contributed by atoms with Gasteiger partial charge in [-0.3, -0.25) is 4.79 Å². The number of furan rings is 2. The topological polar surface area (TPSA) is 55.8 Å². The molecule has 0 saturated carbocycles. The summed E-state index contributed by atoms with van der Waals surface area (Å²) in [5.41, 5.74) is 0. The first-order chi connectivity index (χ1) is 11.2. The van der Waals surface area contributed by atoms with Crippen molar-refractivity contribution in [1.29, 1.82) is 0 Å². The molecule has 2 aromatic heterocycles. The molecule has 1 amide bonds. The molecule has 0 aromatic carbocycles. The third-order valence-electron chi connectivity index (χ3n) is 3.98. The Kier molecular flexibility index (Phi) is 4.67. The number of likely N-dealkylation sites (tertiary alicyclic amines) is 1. The smallest absolute Gasteiger partial charge is 0.247 e. The lowest BCUT2D eigenvalue weighted by Gasteiger charge is -2.21. The SMILES string of the molecule is COCc1ccc(C2CCCN2C(=O)/C=C/c2ccc(C)o2)o1. The van der Waals surface area contributed by atoms with Crippen LogP contribution in [0.1, 0.15) is 41.9 Å². The minimum atomic E-state index is -0.0220. The van der Waals surface area contributed by atoms with Crippen molar-refractivity contribution in [2.75, 3.05) is 13.7 Å². The van der Waals surface area contributed by atoms with Crippen molar-refractivity contribution in [3.05, 3.63) is 53.4 Å². The van der Waals surface area contributed by atoms with Crippen molar-refractivity contribution in [3.8, 4) is 0 Å². The molecule has 0 aliphatic carbocycles. The number of methoxy groups -OCH3 is 1. The van der Waals surface area contributed by atoms with E-state index in [0.29, 0.717) is 12.4 Å². The van der Waals surface area contributed by atoms with Crippen LogP contribution in [0.15, 0.2) is 39.2 Å². The highest BCUT2D eigenvalue weighted by molar-refractivity contribution is 5.91. The molecule has 2 aromatic rings. The highest BCUT2D eigenvalue weighted by atomic mass is 16.5. The monoisotopic (exact) mass is 315 g/mol. The molecular weight excluding hydrogens is 294 g/mol. The largest absolute Gasteiger partial charge is 0.462 e. The van der Waals surface area contributed by atoms with Gasteiger partial charge in [0.15, 0.2) is 0 Å². The number of carbonyl (C=O) groups is 1. The number of carbonyl (C=O) groups excluding carboxylic acids is 1. The molecule has 0 bridgehead atoms. The lowest BCUT2D eigenvalue weighted by atomic mass is 10.1. The second kappa shape index (κ2) is 6.87. The predicted octanol–water partition coefficient (Wildman–Crippen LogP) is 3.70. The predicted molar refractivity (Wildman–Crippen MR) is 85.6 cm³/mol. The zero-order valence-electron chi connectivity index (χ0n) is 13.5. The van der Waals surface area contributed by atoms with Crippen LogP contribution in [0.5, 0.6) is 0 Å². The Morgan fingerprint density at radius 3 is 2.96 bits per heavy atom. The maximum Gasteiger partial charge on any atom is 0.247 e. The van der Waals surface area contributed by atoms with Crippen LogP contribution in [0.3, 0.4) is 0 Å². The van der Waals surface area contributed by atoms with Gasteiger partial charge < -0.3 is 18.5 Å². The molecule has 0 spiro atoms. The van der Waals surface area contributed by atoms with Gasteiger partial charge >= 0.3 is 0 Å². The average Bonchev–Trinajstić information content (AvgIpc) is 3.24. The molecule has 1 fully saturated rings. The summed E-state index contributed by atoms with van der Waals surface area (Å²) in [5, 5.41) is 0. The number of aryl methyl sites for hydroxylation is 1. The van der Waals surface area contributed by atoms with E-state index in [1.807, 2.05) is 36.1 Å². The summed E-state index contributed by atoms with van der Waals surface area (Å²) < 4.78 is 16.3. The number of nitrogens with zero attached hydrogens (tertiary/aromatic N) is 1. The summed E-state index contributed by atoms with van der Waals surface area (Å²) in [6.07, 6.45) is 5.17. The van der Waals surface area contributed by atoms with E-state index in [4.69, 9.17) is 13.6 Å². The van der Waals surface area contributed by atoms with Gasteiger partial charge in [0, 0.05) is 19.7 Å². The van der Waals surface area contributed by atoms with E-state index >= 15 is 0 Å². The zero-order valence-corrected chi connectivity index (χ0v) is 13.5. The minimum absolute atomic E-state index is 0.00362. The van der Waals surface area contributed by atoms with Crippen LogP contribution in [0.25, 0.3) is 6.08 Å². The Balaban J connectivity index is 1.70. The summed E-state index contributed by atoms with van der Waals surface area (Å²) in [7, 11) is 1.63. The third kappa shape index (κ3) is 3.56. The minimum Gasteiger partial charge on any atom is -0.462 e. The lowest BCUT2D eigenvalue weighted by molar-refractivity contribution is -0.127. The first kappa shape index (κ1) is 15.6. The second-order valence-corrected chi connectivity index (χ2v) is 5.71. The van der Waals surface area contributed by atoms with Gasteiger partial charge in [0.25, 0.3) is 0 Å². The molecule has 1 unspecified atom stereocenters. The summed E-state index contributed by atoms with van der Waals surface area (Å²) in [6.45, 7) is 3.06. The Hall–Kier alpha value is -2.27. The van der Waals surface area contributed by atoms with Crippen LogP contribution in [0.2, 0.25) is 0 Å². The average molecular weight is 315 g/mol. The van der Waals surface area contributed by atoms with Gasteiger partial charge in [-0.05, 0) is 50.1 Å². The first-order valence-electron chi connectivity index (χ1n) is 7.80. The van der Waals surface area contributed by atoms with E-state index in [1.54, 1.807) is 19.3 Å². The molecule has 5 nitrogen and oxygen atoms in total. The van der Waals surface area contributed by atoms with E-state index in [9.17, 15) is 4.79 Å². The van der Waals surface area contributed by atoms with Gasteiger partial charge in [0.2, 0.25) is 5.91 Å². The van der Waals surface area contributed by atoms with Crippen LogP contribution < -0.4 is 0 Å². The fourth-order valence-corrected chi connectivity index (χ4v) is 2.91. The lowest BCUT2D eigenvalue weighted by Crippen LogP contribution is -2.28. The fraction of sp³-hybridized carbons (Fsp3) is 0.389. The molecule has 5 heteroatoms. The van der Waals surface area contributed by atoms with Gasteiger partial charge in [-0.25, -0.2) is 0 Å². The van der Waals surface area contributed by atoms with Crippen LogP contribution in [-0.4, -0.2) is 24.5 Å². The Bertz CT molecular complexity index is 697. The molecule has 3 heterocycles. The van der Waals surface area contributed by atoms with E-state index in [2.05, 4.69) is 0 Å². The highest BCUT2D eigenvalue weighted by Gasteiger charge is 2.31. The fourth-order valence-electron chi connectivity index (χ4n) is 2.91. The van der Waals surface area contributed by atoms with Crippen molar-refractivity contribution in [1.82, 2.24) is 4.90 Å². The summed E-state index contributed by atoms with van der Waals surface area (Å²) in [6, 6.07) is 7.56. The molecule has 0 N–H and O–H groups in total. The summed E-state index contributed by atoms with van der Waals surface area (Å²) in [4.78, 5) is 14.3. The van der Waals surface area contributed by atoms with Gasteiger partial charge in [-0.1, -0.05) is 0 Å². The van der Waals surface area contributed by atoms with Crippen LogP contribution in [0.4, 0.5) is 0 Å². The number of amides is 1. The molecule has 0 radical (unpaired) electrons. The number of rotatable bonds is 5. The van der Waals surface area contributed by atoms with Gasteiger partial charge in [-0.2, -0.15) is 0 Å². The number of hydrogen-bond donors (Lipinski definition) is 0. The molecular formula is C18H21NO4. The van der Waals surface area contributed by atoms with Crippen molar-refractivity contribution in [2.24, 2.45) is 0 Å². The molecule has 122 valence electrons. The molecule has 1 atom stereocenters. The Morgan fingerprint density at radius 2 is 2.22 bits per heavy atom. The van der Waals surface area contributed by atoms with Crippen LogP contribution in [-0.2, 0) is 16.1 Å². The summed E-state index contributed by atoms with van der Waals surface area (Å²) >= 11 is 0. The first-order valence-corrected chi connectivity index (χ1v) is 7.80. The van der Waals surface area contributed by atoms with E-state index < -0.39 is 0 Å². The van der Waals surface area contributed by atoms with E-state index in [1.165, 1.54) is 0 Å². The quantitative estimate of drug-likeness (QED) is 0.789. The number of ether oxygens (including phenoxy) is 1. The van der Waals surface area contributed by atoms with Gasteiger partial charge in [0.05, 0.1) is 6.04 Å². The standard InChI is InChI=1S/C18H21NO4/c1-13-5-6-14(22-13)8-10-18(20)19-11-3-4-16(19)17-9-7-15(23-17)12-21-2/h5-10,16H,3-4,11-12H2,1-2H3/b10-8+. The second-order valence-electron chi connectivity index (χ2n) is 5.71. The molecule has 1 saturated heterocycles.